The third-order valence-corrected chi connectivity index (χ3v) is 2.58. The number of carbonyl (C=O) groups is 1. The van der Waals surface area contributed by atoms with Gasteiger partial charge in [-0.3, -0.25) is 4.79 Å². The zero-order valence-electron chi connectivity index (χ0n) is 8.48. The number of carboxylic acids is 1. The van der Waals surface area contributed by atoms with Crippen LogP contribution in [-0.2, 0) is 4.79 Å². The van der Waals surface area contributed by atoms with Crippen LogP contribution in [0.4, 0.5) is 0 Å². The first-order valence-corrected chi connectivity index (χ1v) is 5.30. The molecule has 0 bridgehead atoms. The van der Waals surface area contributed by atoms with E-state index in [4.69, 9.17) is 5.11 Å². The molecule has 0 spiro atoms. The summed E-state index contributed by atoms with van der Waals surface area (Å²) in [6.07, 6.45) is 3.98. The molecule has 0 radical (unpaired) electrons. The van der Waals surface area contributed by atoms with Crippen molar-refractivity contribution in [2.45, 2.75) is 38.2 Å². The molecule has 1 aliphatic heterocycles. The van der Waals surface area contributed by atoms with Crippen LogP contribution in [0, 0.1) is 0 Å². The Morgan fingerprint density at radius 1 is 1.21 bits per heavy atom. The van der Waals surface area contributed by atoms with Gasteiger partial charge in [-0.15, -0.1) is 0 Å². The Balaban J connectivity index is 2.23. The fraction of sp³-hybridized carbons (Fsp3) is 0.900. The molecule has 1 atom stereocenters. The highest BCUT2D eigenvalue weighted by Gasteiger charge is 2.15. The Morgan fingerprint density at radius 3 is 2.29 bits per heavy atom. The van der Waals surface area contributed by atoms with Gasteiger partial charge in [0, 0.05) is 6.54 Å². The number of β-amino-alcohol motifs (C(OH)–C–C–N with tert-alkyl or cyclic N) is 1. The highest BCUT2D eigenvalue weighted by atomic mass is 16.4. The Kier molecular flexibility index (Phi) is 4.90. The maximum absolute atomic E-state index is 10.3. The molecule has 1 fully saturated rings. The van der Waals surface area contributed by atoms with Gasteiger partial charge in [-0.25, -0.2) is 0 Å². The Bertz CT molecular complexity index is 176. The number of aliphatic hydroxyl groups is 1. The zero-order chi connectivity index (χ0) is 10.4. The van der Waals surface area contributed by atoms with Crippen LogP contribution in [0.3, 0.4) is 0 Å². The summed E-state index contributed by atoms with van der Waals surface area (Å²) < 4.78 is 0. The lowest BCUT2D eigenvalue weighted by Gasteiger charge is -2.22. The van der Waals surface area contributed by atoms with Crippen LogP contribution in [0.1, 0.15) is 32.1 Å². The van der Waals surface area contributed by atoms with Crippen molar-refractivity contribution in [2.24, 2.45) is 0 Å². The second kappa shape index (κ2) is 5.98. The molecule has 1 saturated heterocycles. The normalized spacial score (nSPS) is 21.5. The minimum absolute atomic E-state index is 0.142. The monoisotopic (exact) mass is 201 g/mol. The highest BCUT2D eigenvalue weighted by Crippen LogP contribution is 2.10. The number of aliphatic carboxylic acids is 1. The largest absolute Gasteiger partial charge is 0.481 e. The summed E-state index contributed by atoms with van der Waals surface area (Å²) in [6.45, 7) is 2.50. The van der Waals surface area contributed by atoms with Crippen molar-refractivity contribution < 1.29 is 15.0 Å². The third-order valence-electron chi connectivity index (χ3n) is 2.58. The molecule has 4 nitrogen and oxygen atoms in total. The number of aliphatic hydroxyl groups excluding tert-OH is 1. The quantitative estimate of drug-likeness (QED) is 0.703. The maximum atomic E-state index is 10.3. The van der Waals surface area contributed by atoms with E-state index in [1.807, 2.05) is 0 Å². The summed E-state index contributed by atoms with van der Waals surface area (Å²) in [5.74, 6) is -0.924. The first-order valence-electron chi connectivity index (χ1n) is 5.30. The predicted octanol–water partition coefficient (Wildman–Crippen LogP) is 0.698. The average molecular weight is 201 g/mol. The molecular weight excluding hydrogens is 182 g/mol. The molecular formula is C10H19NO3. The summed E-state index contributed by atoms with van der Waals surface area (Å²) in [5, 5.41) is 17.9. The summed E-state index contributed by atoms with van der Waals surface area (Å²) in [6, 6.07) is 0. The van der Waals surface area contributed by atoms with E-state index < -0.39 is 12.1 Å². The second-order valence-corrected chi connectivity index (χ2v) is 3.97. The zero-order valence-corrected chi connectivity index (χ0v) is 8.48. The van der Waals surface area contributed by atoms with Gasteiger partial charge < -0.3 is 15.1 Å². The molecule has 2 N–H and O–H groups in total. The van der Waals surface area contributed by atoms with Crippen LogP contribution in [0.25, 0.3) is 0 Å². The molecule has 14 heavy (non-hydrogen) atoms. The smallest absolute Gasteiger partial charge is 0.306 e. The van der Waals surface area contributed by atoms with Gasteiger partial charge in [0.05, 0.1) is 12.5 Å². The van der Waals surface area contributed by atoms with E-state index in [-0.39, 0.29) is 6.42 Å². The van der Waals surface area contributed by atoms with E-state index in [0.29, 0.717) is 6.54 Å². The lowest BCUT2D eigenvalue weighted by Crippen LogP contribution is -2.34. The van der Waals surface area contributed by atoms with Gasteiger partial charge >= 0.3 is 5.97 Å². The minimum Gasteiger partial charge on any atom is -0.481 e. The fourth-order valence-electron chi connectivity index (χ4n) is 1.88. The topological polar surface area (TPSA) is 60.8 Å². The standard InChI is InChI=1S/C10H19NO3/c12-9(7-10(13)14)8-11-5-3-1-2-4-6-11/h9,12H,1-8H2,(H,13,14). The Hall–Kier alpha value is -0.610. The molecule has 1 aliphatic rings. The van der Waals surface area contributed by atoms with Crippen molar-refractivity contribution in [1.82, 2.24) is 4.90 Å². The number of rotatable bonds is 4. The second-order valence-electron chi connectivity index (χ2n) is 3.97. The van der Waals surface area contributed by atoms with Gasteiger partial charge in [0.15, 0.2) is 0 Å². The SMILES string of the molecule is O=C(O)CC(O)CN1CCCCCC1. The number of hydrogen-bond donors (Lipinski definition) is 2. The minimum atomic E-state index is -0.924. The van der Waals surface area contributed by atoms with Gasteiger partial charge in [0.1, 0.15) is 0 Å². The van der Waals surface area contributed by atoms with E-state index in [2.05, 4.69) is 4.90 Å². The van der Waals surface area contributed by atoms with Crippen molar-refractivity contribution in [1.29, 1.82) is 0 Å². The lowest BCUT2D eigenvalue weighted by molar-refractivity contribution is -0.139. The van der Waals surface area contributed by atoms with Crippen molar-refractivity contribution in [3.63, 3.8) is 0 Å². The number of likely N-dealkylation sites (tertiary alicyclic amines) is 1. The first-order chi connectivity index (χ1) is 6.68. The van der Waals surface area contributed by atoms with Gasteiger partial charge in [0.2, 0.25) is 0 Å². The van der Waals surface area contributed by atoms with Crippen LogP contribution < -0.4 is 0 Å². The maximum Gasteiger partial charge on any atom is 0.306 e. The van der Waals surface area contributed by atoms with Crippen LogP contribution >= 0.6 is 0 Å². The van der Waals surface area contributed by atoms with Crippen molar-refractivity contribution in [3.05, 3.63) is 0 Å². The summed E-state index contributed by atoms with van der Waals surface area (Å²) in [7, 11) is 0. The van der Waals surface area contributed by atoms with Crippen molar-refractivity contribution >= 4 is 5.97 Å². The van der Waals surface area contributed by atoms with Gasteiger partial charge in [0.25, 0.3) is 0 Å². The predicted molar refractivity (Wildman–Crippen MR) is 53.2 cm³/mol. The molecule has 0 aromatic heterocycles. The van der Waals surface area contributed by atoms with E-state index in [0.717, 1.165) is 13.1 Å². The Labute approximate surface area is 84.5 Å². The fourth-order valence-corrected chi connectivity index (χ4v) is 1.88. The van der Waals surface area contributed by atoms with Gasteiger partial charge in [-0.05, 0) is 25.9 Å². The number of nitrogens with zero attached hydrogens (tertiary/aromatic N) is 1. The van der Waals surface area contributed by atoms with E-state index in [9.17, 15) is 9.90 Å². The Morgan fingerprint density at radius 2 is 1.79 bits per heavy atom. The van der Waals surface area contributed by atoms with Crippen LogP contribution in [0.15, 0.2) is 0 Å². The summed E-state index contributed by atoms with van der Waals surface area (Å²) >= 11 is 0. The molecule has 0 aliphatic carbocycles. The molecule has 0 aromatic carbocycles. The van der Waals surface area contributed by atoms with Crippen LogP contribution in [0.5, 0.6) is 0 Å². The summed E-state index contributed by atoms with van der Waals surface area (Å²) in [5.41, 5.74) is 0. The highest BCUT2D eigenvalue weighted by molar-refractivity contribution is 5.67. The molecule has 1 heterocycles. The molecule has 0 aromatic rings. The van der Waals surface area contributed by atoms with E-state index >= 15 is 0 Å². The van der Waals surface area contributed by atoms with Gasteiger partial charge in [-0.1, -0.05) is 12.8 Å². The van der Waals surface area contributed by atoms with Crippen LogP contribution in [-0.4, -0.2) is 46.8 Å². The van der Waals surface area contributed by atoms with Crippen molar-refractivity contribution in [3.8, 4) is 0 Å². The molecule has 0 amide bonds. The van der Waals surface area contributed by atoms with Crippen LogP contribution in [0.2, 0.25) is 0 Å². The first kappa shape index (κ1) is 11.5. The summed E-state index contributed by atoms with van der Waals surface area (Å²) in [4.78, 5) is 12.5. The van der Waals surface area contributed by atoms with Gasteiger partial charge in [-0.2, -0.15) is 0 Å². The lowest BCUT2D eigenvalue weighted by atomic mass is 10.2. The molecule has 0 saturated carbocycles. The van der Waals surface area contributed by atoms with E-state index in [1.54, 1.807) is 0 Å². The third kappa shape index (κ3) is 4.58. The van der Waals surface area contributed by atoms with E-state index in [1.165, 1.54) is 25.7 Å². The molecule has 4 heteroatoms. The number of hydrogen-bond acceptors (Lipinski definition) is 3. The molecule has 82 valence electrons. The van der Waals surface area contributed by atoms with Crippen molar-refractivity contribution in [2.75, 3.05) is 19.6 Å². The average Bonchev–Trinajstić information content (AvgIpc) is 2.31. The number of carboxylic acid groups (broad SMARTS) is 1. The molecule has 1 unspecified atom stereocenters. The molecule has 1 rings (SSSR count).